The van der Waals surface area contributed by atoms with Crippen LogP contribution in [0.2, 0.25) is 5.02 Å². The monoisotopic (exact) mass is 465 g/mol. The lowest BCUT2D eigenvalue weighted by atomic mass is 10.2. The molecule has 0 unspecified atom stereocenters. The fraction of sp³-hybridized carbons (Fsp3) is 0.200. The molecule has 0 fully saturated rings. The average molecular weight is 466 g/mol. The van der Waals surface area contributed by atoms with Gasteiger partial charge < -0.3 is 5.32 Å². The maximum atomic E-state index is 13.2. The van der Waals surface area contributed by atoms with E-state index < -0.39 is 11.7 Å². The molecule has 1 aromatic carbocycles. The first-order chi connectivity index (χ1) is 14.7. The lowest BCUT2D eigenvalue weighted by Crippen LogP contribution is -2.26. The molecule has 1 N–H and O–H groups in total. The van der Waals surface area contributed by atoms with Gasteiger partial charge in [-0.1, -0.05) is 41.4 Å². The van der Waals surface area contributed by atoms with Gasteiger partial charge >= 0.3 is 6.18 Å². The van der Waals surface area contributed by atoms with Gasteiger partial charge in [-0.3, -0.25) is 9.20 Å². The van der Waals surface area contributed by atoms with Crippen LogP contribution in [0.1, 0.15) is 27.4 Å². The highest BCUT2D eigenvalue weighted by atomic mass is 35.5. The lowest BCUT2D eigenvalue weighted by molar-refractivity contribution is -0.136. The number of hydrogen-bond acceptors (Lipinski definition) is 5. The largest absolute Gasteiger partial charge is 0.420 e. The second kappa shape index (κ2) is 8.27. The van der Waals surface area contributed by atoms with Gasteiger partial charge in [0.1, 0.15) is 22.1 Å². The zero-order valence-electron chi connectivity index (χ0n) is 16.1. The number of amides is 1. The van der Waals surface area contributed by atoms with Crippen molar-refractivity contribution in [2.24, 2.45) is 0 Å². The maximum Gasteiger partial charge on any atom is 0.420 e. The number of carbonyl (C=O) groups excluding carboxylic acids is 1. The number of halogens is 4. The summed E-state index contributed by atoms with van der Waals surface area (Å²) in [5, 5.41) is 12.5. The van der Waals surface area contributed by atoms with Crippen molar-refractivity contribution < 1.29 is 18.0 Å². The molecule has 0 aliphatic heterocycles. The first-order valence-corrected chi connectivity index (χ1v) is 10.4. The second-order valence-corrected chi connectivity index (χ2v) is 8.08. The number of pyridine rings is 1. The number of carbonyl (C=O) groups is 1. The van der Waals surface area contributed by atoms with Crippen LogP contribution >= 0.6 is 22.9 Å². The lowest BCUT2D eigenvalue weighted by Gasteiger charge is -2.09. The minimum atomic E-state index is -4.61. The molecule has 6 nitrogen and oxygen atoms in total. The van der Waals surface area contributed by atoms with Crippen molar-refractivity contribution in [3.05, 3.63) is 69.6 Å². The summed E-state index contributed by atoms with van der Waals surface area (Å²) in [4.78, 5) is 16.8. The number of thiazole rings is 1. The maximum absolute atomic E-state index is 13.2. The molecular weight excluding hydrogens is 451 g/mol. The van der Waals surface area contributed by atoms with Gasteiger partial charge in [0.25, 0.3) is 5.91 Å². The standard InChI is InChI=1S/C20H15ClF3N5OS/c1-11-2-4-12(5-3-11)19-26-15(10-31-19)18(30)25-7-6-16-27-28-17-14(20(22,23)24)8-13(21)9-29(16)17/h2-5,8-10H,6-7H2,1H3,(H,25,30). The highest BCUT2D eigenvalue weighted by Crippen LogP contribution is 2.33. The van der Waals surface area contributed by atoms with E-state index in [1.54, 1.807) is 5.38 Å². The van der Waals surface area contributed by atoms with E-state index in [-0.39, 0.29) is 41.1 Å². The molecule has 0 bridgehead atoms. The van der Waals surface area contributed by atoms with Crippen LogP contribution in [0.4, 0.5) is 13.2 Å². The Labute approximate surface area is 183 Å². The molecule has 11 heteroatoms. The number of alkyl halides is 3. The van der Waals surface area contributed by atoms with Crippen LogP contribution in [0.25, 0.3) is 16.2 Å². The smallest absolute Gasteiger partial charge is 0.350 e. The van der Waals surface area contributed by atoms with E-state index in [1.165, 1.54) is 21.9 Å². The molecule has 4 aromatic rings. The van der Waals surface area contributed by atoms with Crippen LogP contribution in [-0.2, 0) is 12.6 Å². The van der Waals surface area contributed by atoms with Gasteiger partial charge in [0.15, 0.2) is 5.65 Å². The summed E-state index contributed by atoms with van der Waals surface area (Å²) in [7, 11) is 0. The Morgan fingerprint density at radius 2 is 1.97 bits per heavy atom. The van der Waals surface area contributed by atoms with Crippen molar-refractivity contribution in [3.8, 4) is 10.6 Å². The van der Waals surface area contributed by atoms with Crippen molar-refractivity contribution in [2.75, 3.05) is 6.54 Å². The minimum Gasteiger partial charge on any atom is -0.350 e. The molecule has 0 saturated heterocycles. The summed E-state index contributed by atoms with van der Waals surface area (Å²) < 4.78 is 40.8. The van der Waals surface area contributed by atoms with Gasteiger partial charge in [-0.15, -0.1) is 21.5 Å². The van der Waals surface area contributed by atoms with Crippen LogP contribution in [0.15, 0.2) is 41.9 Å². The third-order valence-corrected chi connectivity index (χ3v) is 5.61. The normalized spacial score (nSPS) is 11.8. The molecule has 0 radical (unpaired) electrons. The fourth-order valence-corrected chi connectivity index (χ4v) is 3.98. The Balaban J connectivity index is 1.44. The van der Waals surface area contributed by atoms with E-state index in [4.69, 9.17) is 11.6 Å². The third-order valence-electron chi connectivity index (χ3n) is 4.52. The van der Waals surface area contributed by atoms with E-state index in [0.29, 0.717) is 0 Å². The van der Waals surface area contributed by atoms with Gasteiger partial charge in [0.2, 0.25) is 0 Å². The van der Waals surface area contributed by atoms with Crippen LogP contribution in [-0.4, -0.2) is 32.0 Å². The molecule has 31 heavy (non-hydrogen) atoms. The zero-order chi connectivity index (χ0) is 22.2. The number of hydrogen-bond donors (Lipinski definition) is 1. The van der Waals surface area contributed by atoms with E-state index >= 15 is 0 Å². The van der Waals surface area contributed by atoms with Gasteiger partial charge in [0, 0.05) is 30.1 Å². The summed E-state index contributed by atoms with van der Waals surface area (Å²) in [6.45, 7) is 2.13. The topological polar surface area (TPSA) is 72.2 Å². The SMILES string of the molecule is Cc1ccc(-c2nc(C(=O)NCCc3nnc4c(C(F)(F)F)cc(Cl)cn34)cs2)cc1. The Hall–Kier alpha value is -2.98. The van der Waals surface area contributed by atoms with Crippen LogP contribution in [0.5, 0.6) is 0 Å². The quantitative estimate of drug-likeness (QED) is 0.459. The predicted octanol–water partition coefficient (Wildman–Crippen LogP) is 4.81. The van der Waals surface area contributed by atoms with E-state index in [1.807, 2.05) is 31.2 Å². The fourth-order valence-electron chi connectivity index (χ4n) is 2.97. The van der Waals surface area contributed by atoms with Crippen molar-refractivity contribution in [1.82, 2.24) is 24.9 Å². The van der Waals surface area contributed by atoms with Gasteiger partial charge in [-0.2, -0.15) is 13.2 Å². The Morgan fingerprint density at radius 1 is 1.23 bits per heavy atom. The zero-order valence-corrected chi connectivity index (χ0v) is 17.6. The molecule has 0 saturated carbocycles. The molecular formula is C20H15ClF3N5OS. The van der Waals surface area contributed by atoms with Crippen LogP contribution in [0.3, 0.4) is 0 Å². The highest BCUT2D eigenvalue weighted by molar-refractivity contribution is 7.13. The third kappa shape index (κ3) is 4.54. The van der Waals surface area contributed by atoms with Gasteiger partial charge in [-0.25, -0.2) is 4.98 Å². The molecule has 4 rings (SSSR count). The summed E-state index contributed by atoms with van der Waals surface area (Å²) in [5.41, 5.74) is 1.02. The number of aromatic nitrogens is 4. The summed E-state index contributed by atoms with van der Waals surface area (Å²) in [5.74, 6) is -0.126. The molecule has 3 aromatic heterocycles. The number of rotatable bonds is 5. The molecule has 1 amide bonds. The number of benzene rings is 1. The molecule has 0 atom stereocenters. The Kier molecular flexibility index (Phi) is 5.67. The Morgan fingerprint density at radius 3 is 2.68 bits per heavy atom. The van der Waals surface area contributed by atoms with E-state index in [2.05, 4.69) is 20.5 Å². The van der Waals surface area contributed by atoms with E-state index in [0.717, 1.165) is 22.2 Å². The number of aryl methyl sites for hydroxylation is 1. The minimum absolute atomic E-state index is 0.0870. The Bertz CT molecular complexity index is 1250. The predicted molar refractivity (Wildman–Crippen MR) is 111 cm³/mol. The first-order valence-electron chi connectivity index (χ1n) is 9.13. The number of nitrogens with zero attached hydrogens (tertiary/aromatic N) is 4. The summed E-state index contributed by atoms with van der Waals surface area (Å²) in [6, 6.07) is 8.62. The molecule has 0 aliphatic carbocycles. The number of nitrogens with one attached hydrogen (secondary N) is 1. The van der Waals surface area contributed by atoms with Gasteiger partial charge in [-0.05, 0) is 13.0 Å². The average Bonchev–Trinajstić information content (AvgIpc) is 3.35. The molecule has 0 spiro atoms. The summed E-state index contributed by atoms with van der Waals surface area (Å²) in [6.07, 6.45) is -3.12. The van der Waals surface area contributed by atoms with Crippen molar-refractivity contribution in [2.45, 2.75) is 19.5 Å². The molecule has 3 heterocycles. The van der Waals surface area contributed by atoms with Crippen molar-refractivity contribution >= 4 is 34.5 Å². The number of fused-ring (bicyclic) bond motifs is 1. The molecule has 160 valence electrons. The second-order valence-electron chi connectivity index (χ2n) is 6.79. The first kappa shape index (κ1) is 21.3. The highest BCUT2D eigenvalue weighted by Gasteiger charge is 2.35. The van der Waals surface area contributed by atoms with Crippen LogP contribution < -0.4 is 5.32 Å². The van der Waals surface area contributed by atoms with Crippen LogP contribution in [0, 0.1) is 6.92 Å². The van der Waals surface area contributed by atoms with E-state index in [9.17, 15) is 18.0 Å². The molecule has 0 aliphatic rings. The van der Waals surface area contributed by atoms with Crippen molar-refractivity contribution in [1.29, 1.82) is 0 Å². The van der Waals surface area contributed by atoms with Gasteiger partial charge in [0.05, 0.1) is 5.02 Å². The van der Waals surface area contributed by atoms with Crippen molar-refractivity contribution in [3.63, 3.8) is 0 Å². The summed E-state index contributed by atoms with van der Waals surface area (Å²) >= 11 is 7.19.